The minimum atomic E-state index is -0.145. The van der Waals surface area contributed by atoms with Crippen LogP contribution >= 0.6 is 35.7 Å². The van der Waals surface area contributed by atoms with Crippen molar-refractivity contribution in [2.75, 3.05) is 11.4 Å². The number of carbonyl (C=O) groups excluding carboxylic acids is 2. The molecule has 0 saturated carbocycles. The van der Waals surface area contributed by atoms with Gasteiger partial charge < -0.3 is 4.42 Å². The standard InChI is InChI=1S/C24H18N2O3S3/c27-22(26-17-8-1-3-10-19(17)31-20-11-4-2-9-18(20)26)12-5-13-25-23(28)21(32-24(25)30)15-16-7-6-14-29-16/h1-4,6-11,14-15H,5,12-13H2/b21-15+. The van der Waals surface area contributed by atoms with Crippen molar-refractivity contribution in [1.82, 2.24) is 4.90 Å². The minimum absolute atomic E-state index is 0.00164. The fraction of sp³-hybridized carbons (Fsp3) is 0.125. The normalized spacial score (nSPS) is 16.4. The molecule has 0 spiro atoms. The SMILES string of the molecule is O=C1/C(=C\c2ccco2)SC(=S)N1CCCC(=O)N1c2ccccc2Sc2ccccc21. The van der Waals surface area contributed by atoms with Crippen LogP contribution in [0.3, 0.4) is 0 Å². The molecule has 32 heavy (non-hydrogen) atoms. The Morgan fingerprint density at radius 2 is 1.66 bits per heavy atom. The van der Waals surface area contributed by atoms with Gasteiger partial charge in [-0.3, -0.25) is 19.4 Å². The first-order valence-electron chi connectivity index (χ1n) is 10.1. The van der Waals surface area contributed by atoms with E-state index >= 15 is 0 Å². The third kappa shape index (κ3) is 4.01. The second kappa shape index (κ2) is 8.97. The lowest BCUT2D eigenvalue weighted by molar-refractivity contribution is -0.123. The lowest BCUT2D eigenvalue weighted by Crippen LogP contribution is -2.32. The smallest absolute Gasteiger partial charge is 0.266 e. The van der Waals surface area contributed by atoms with E-state index in [-0.39, 0.29) is 11.8 Å². The van der Waals surface area contributed by atoms with Gasteiger partial charge in [0.05, 0.1) is 22.5 Å². The van der Waals surface area contributed by atoms with Gasteiger partial charge in [0, 0.05) is 28.8 Å². The van der Waals surface area contributed by atoms with Crippen molar-refractivity contribution in [3.8, 4) is 0 Å². The van der Waals surface area contributed by atoms with Gasteiger partial charge in [-0.2, -0.15) is 0 Å². The molecule has 160 valence electrons. The van der Waals surface area contributed by atoms with Crippen LogP contribution < -0.4 is 4.90 Å². The Labute approximate surface area is 199 Å². The van der Waals surface area contributed by atoms with Gasteiger partial charge in [-0.25, -0.2) is 0 Å². The molecule has 0 aliphatic carbocycles. The summed E-state index contributed by atoms with van der Waals surface area (Å²) in [6.45, 7) is 0.401. The number of hydrogen-bond acceptors (Lipinski definition) is 6. The molecule has 0 radical (unpaired) electrons. The molecule has 2 aliphatic heterocycles. The number of thioether (sulfide) groups is 1. The van der Waals surface area contributed by atoms with Crippen LogP contribution in [0.15, 0.2) is 86.0 Å². The number of nitrogens with zero attached hydrogens (tertiary/aromatic N) is 2. The fourth-order valence-electron chi connectivity index (χ4n) is 3.67. The second-order valence-corrected chi connectivity index (χ2v) is 9.98. The molecule has 1 saturated heterocycles. The van der Waals surface area contributed by atoms with Crippen molar-refractivity contribution < 1.29 is 14.0 Å². The Morgan fingerprint density at radius 1 is 0.969 bits per heavy atom. The molecule has 1 aromatic heterocycles. The molecule has 2 aromatic carbocycles. The lowest BCUT2D eigenvalue weighted by Gasteiger charge is -2.31. The van der Waals surface area contributed by atoms with E-state index in [1.165, 1.54) is 11.8 Å². The number of rotatable bonds is 5. The van der Waals surface area contributed by atoms with Crippen LogP contribution in [0.1, 0.15) is 18.6 Å². The third-order valence-electron chi connectivity index (χ3n) is 5.14. The summed E-state index contributed by atoms with van der Waals surface area (Å²) < 4.78 is 5.80. The van der Waals surface area contributed by atoms with Crippen molar-refractivity contribution in [2.24, 2.45) is 0 Å². The van der Waals surface area contributed by atoms with Crippen molar-refractivity contribution in [1.29, 1.82) is 0 Å². The summed E-state index contributed by atoms with van der Waals surface area (Å²) in [6.07, 6.45) is 4.09. The molecule has 5 rings (SSSR count). The van der Waals surface area contributed by atoms with Crippen molar-refractivity contribution >= 4 is 69.3 Å². The second-order valence-electron chi connectivity index (χ2n) is 7.22. The molecule has 0 bridgehead atoms. The predicted molar refractivity (Wildman–Crippen MR) is 132 cm³/mol. The van der Waals surface area contributed by atoms with Crippen LogP contribution in [0.4, 0.5) is 11.4 Å². The van der Waals surface area contributed by atoms with E-state index in [1.807, 2.05) is 48.5 Å². The number of para-hydroxylation sites is 2. The van der Waals surface area contributed by atoms with Crippen molar-refractivity contribution in [3.05, 3.63) is 77.6 Å². The Kier molecular flexibility index (Phi) is 5.91. The van der Waals surface area contributed by atoms with Gasteiger partial charge >= 0.3 is 0 Å². The summed E-state index contributed by atoms with van der Waals surface area (Å²) >= 11 is 8.33. The summed E-state index contributed by atoms with van der Waals surface area (Å²) in [4.78, 5) is 32.0. The Bertz CT molecular complexity index is 1190. The number of hydrogen-bond donors (Lipinski definition) is 0. The summed E-state index contributed by atoms with van der Waals surface area (Å²) in [7, 11) is 0. The summed E-state index contributed by atoms with van der Waals surface area (Å²) in [5.74, 6) is 0.469. The Hall–Kier alpha value is -2.81. The maximum Gasteiger partial charge on any atom is 0.266 e. The van der Waals surface area contributed by atoms with E-state index < -0.39 is 0 Å². The molecule has 1 fully saturated rings. The summed E-state index contributed by atoms with van der Waals surface area (Å²) in [6, 6.07) is 19.4. The third-order valence-corrected chi connectivity index (χ3v) is 7.65. The largest absolute Gasteiger partial charge is 0.465 e. The van der Waals surface area contributed by atoms with E-state index in [9.17, 15) is 9.59 Å². The Balaban J connectivity index is 1.28. The Morgan fingerprint density at radius 3 is 2.31 bits per heavy atom. The highest BCUT2D eigenvalue weighted by Gasteiger charge is 2.33. The monoisotopic (exact) mass is 478 g/mol. The van der Waals surface area contributed by atoms with Gasteiger partial charge in [-0.15, -0.1) is 0 Å². The number of anilines is 2. The predicted octanol–water partition coefficient (Wildman–Crippen LogP) is 6.09. The first kappa shape index (κ1) is 21.1. The number of amides is 2. The van der Waals surface area contributed by atoms with Gasteiger partial charge in [-0.05, 0) is 42.8 Å². The van der Waals surface area contributed by atoms with Crippen LogP contribution in [0, 0.1) is 0 Å². The minimum Gasteiger partial charge on any atom is -0.465 e. The van der Waals surface area contributed by atoms with Crippen LogP contribution in [-0.4, -0.2) is 27.6 Å². The van der Waals surface area contributed by atoms with Gasteiger partial charge in [0.2, 0.25) is 5.91 Å². The van der Waals surface area contributed by atoms with Gasteiger partial charge in [-0.1, -0.05) is 60.0 Å². The quantitative estimate of drug-likeness (QED) is 0.327. The van der Waals surface area contributed by atoms with Gasteiger partial charge in [0.15, 0.2) is 0 Å². The molecule has 8 heteroatoms. The zero-order valence-corrected chi connectivity index (χ0v) is 19.3. The number of carbonyl (C=O) groups is 2. The number of benzene rings is 2. The van der Waals surface area contributed by atoms with E-state index in [0.717, 1.165) is 21.2 Å². The average Bonchev–Trinajstić information content (AvgIpc) is 3.41. The van der Waals surface area contributed by atoms with Gasteiger partial charge in [0.25, 0.3) is 5.91 Å². The molecule has 0 N–H and O–H groups in total. The topological polar surface area (TPSA) is 53.8 Å². The average molecular weight is 479 g/mol. The van der Waals surface area contributed by atoms with E-state index in [1.54, 1.807) is 46.0 Å². The number of thiocarbonyl (C=S) groups is 1. The first-order chi connectivity index (χ1) is 15.6. The molecule has 3 heterocycles. The van der Waals surface area contributed by atoms with Crippen molar-refractivity contribution in [2.45, 2.75) is 22.6 Å². The fourth-order valence-corrected chi connectivity index (χ4v) is 6.02. The van der Waals surface area contributed by atoms with E-state index in [2.05, 4.69) is 0 Å². The summed E-state index contributed by atoms with van der Waals surface area (Å²) in [5.41, 5.74) is 1.79. The van der Waals surface area contributed by atoms with Crippen LogP contribution in [0.2, 0.25) is 0 Å². The maximum absolute atomic E-state index is 13.3. The van der Waals surface area contributed by atoms with Gasteiger partial charge in [0.1, 0.15) is 10.1 Å². The van der Waals surface area contributed by atoms with Crippen LogP contribution in [0.25, 0.3) is 6.08 Å². The number of furan rings is 1. The molecule has 3 aromatic rings. The van der Waals surface area contributed by atoms with Crippen LogP contribution in [-0.2, 0) is 9.59 Å². The molecule has 0 atom stereocenters. The lowest BCUT2D eigenvalue weighted by atomic mass is 10.2. The summed E-state index contributed by atoms with van der Waals surface area (Å²) in [5, 5.41) is 0. The molecule has 5 nitrogen and oxygen atoms in total. The first-order valence-corrected chi connectivity index (χ1v) is 12.1. The van der Waals surface area contributed by atoms with Crippen molar-refractivity contribution in [3.63, 3.8) is 0 Å². The van der Waals surface area contributed by atoms with Crippen LogP contribution in [0.5, 0.6) is 0 Å². The zero-order chi connectivity index (χ0) is 22.1. The van der Waals surface area contributed by atoms with E-state index in [4.69, 9.17) is 16.6 Å². The molecular formula is C24H18N2O3S3. The zero-order valence-electron chi connectivity index (χ0n) is 16.9. The maximum atomic E-state index is 13.3. The molecule has 2 amide bonds. The molecule has 2 aliphatic rings. The highest BCUT2D eigenvalue weighted by atomic mass is 32.2. The highest BCUT2D eigenvalue weighted by molar-refractivity contribution is 8.26. The van der Waals surface area contributed by atoms with E-state index in [0.29, 0.717) is 34.4 Å². The molecular weight excluding hydrogens is 460 g/mol. The molecule has 0 unspecified atom stereocenters. The highest BCUT2D eigenvalue weighted by Crippen LogP contribution is 2.48. The number of fused-ring (bicyclic) bond motifs is 2.